The summed E-state index contributed by atoms with van der Waals surface area (Å²) in [5.41, 5.74) is 0.610. The second-order valence-corrected chi connectivity index (χ2v) is 4.51. The van der Waals surface area contributed by atoms with Crippen LogP contribution in [-0.2, 0) is 4.79 Å². The van der Waals surface area contributed by atoms with E-state index in [2.05, 4.69) is 4.37 Å². The third kappa shape index (κ3) is 1.82. The van der Waals surface area contributed by atoms with Gasteiger partial charge in [0.15, 0.2) is 0 Å². The summed E-state index contributed by atoms with van der Waals surface area (Å²) in [4.78, 5) is 10.8. The lowest BCUT2D eigenvalue weighted by Gasteiger charge is -2.02. The molecule has 1 aromatic heterocycles. The average molecular weight is 242 g/mol. The Hall–Kier alpha value is -1.13. The summed E-state index contributed by atoms with van der Waals surface area (Å²) in [6.07, 6.45) is 0. The Labute approximate surface area is 95.5 Å². The zero-order chi connectivity index (χ0) is 11.0. The van der Waals surface area contributed by atoms with Gasteiger partial charge in [-0.05, 0) is 30.6 Å². The molecule has 15 heavy (non-hydrogen) atoms. The number of carboxylic acids is 1. The van der Waals surface area contributed by atoms with Gasteiger partial charge in [0.2, 0.25) is 0 Å². The van der Waals surface area contributed by atoms with Crippen LogP contribution in [-0.4, -0.2) is 15.4 Å². The van der Waals surface area contributed by atoms with Crippen LogP contribution >= 0.6 is 23.1 Å². The molecule has 1 aromatic carbocycles. The van der Waals surface area contributed by atoms with Crippen molar-refractivity contribution < 1.29 is 9.90 Å². The molecule has 0 saturated carbocycles. The number of carbonyl (C=O) groups is 1. The largest absolute Gasteiger partial charge is 0.481 e. The number of hydrogen-bond donors (Lipinski definition) is 1. The van der Waals surface area contributed by atoms with Gasteiger partial charge in [-0.25, -0.2) is 0 Å². The Kier molecular flexibility index (Phi) is 2.63. The molecule has 1 N–H and O–H groups in total. The minimum Gasteiger partial charge on any atom is -0.481 e. The van der Waals surface area contributed by atoms with E-state index < -0.39 is 11.9 Å². The number of halogens is 1. The van der Waals surface area contributed by atoms with Gasteiger partial charge >= 0.3 is 5.97 Å². The lowest BCUT2D eigenvalue weighted by molar-refractivity contribution is -0.138. The number of aromatic nitrogens is 1. The molecule has 1 unspecified atom stereocenters. The van der Waals surface area contributed by atoms with Crippen LogP contribution in [0.2, 0.25) is 5.02 Å². The van der Waals surface area contributed by atoms with Crippen molar-refractivity contribution in [3.05, 3.63) is 28.9 Å². The highest BCUT2D eigenvalue weighted by Gasteiger charge is 2.19. The first-order valence-corrected chi connectivity index (χ1v) is 5.52. The maximum absolute atomic E-state index is 10.8. The highest BCUT2D eigenvalue weighted by Crippen LogP contribution is 2.30. The third-order valence-corrected chi connectivity index (χ3v) is 3.30. The zero-order valence-corrected chi connectivity index (χ0v) is 9.47. The molecule has 3 nitrogen and oxygen atoms in total. The van der Waals surface area contributed by atoms with Crippen molar-refractivity contribution in [3.8, 4) is 0 Å². The van der Waals surface area contributed by atoms with E-state index in [9.17, 15) is 4.79 Å². The van der Waals surface area contributed by atoms with E-state index in [0.717, 1.165) is 10.1 Å². The third-order valence-electron chi connectivity index (χ3n) is 2.24. The van der Waals surface area contributed by atoms with Crippen molar-refractivity contribution in [3.63, 3.8) is 0 Å². The van der Waals surface area contributed by atoms with Crippen LogP contribution in [0.4, 0.5) is 0 Å². The number of rotatable bonds is 2. The predicted molar refractivity (Wildman–Crippen MR) is 60.7 cm³/mol. The molecule has 5 heteroatoms. The van der Waals surface area contributed by atoms with E-state index >= 15 is 0 Å². The number of fused-ring (bicyclic) bond motifs is 1. The van der Waals surface area contributed by atoms with Crippen molar-refractivity contribution in [2.45, 2.75) is 12.8 Å². The molecule has 0 bridgehead atoms. The maximum atomic E-state index is 10.8. The van der Waals surface area contributed by atoms with E-state index in [-0.39, 0.29) is 0 Å². The van der Waals surface area contributed by atoms with Crippen LogP contribution in [0.15, 0.2) is 18.2 Å². The summed E-state index contributed by atoms with van der Waals surface area (Å²) in [6.45, 7) is 1.63. The molecule has 0 spiro atoms. The van der Waals surface area contributed by atoms with Gasteiger partial charge in [0, 0.05) is 10.4 Å². The topological polar surface area (TPSA) is 50.2 Å². The first kappa shape index (κ1) is 10.4. The highest BCUT2D eigenvalue weighted by atomic mass is 35.5. The van der Waals surface area contributed by atoms with E-state index in [1.54, 1.807) is 19.1 Å². The van der Waals surface area contributed by atoms with E-state index in [1.807, 2.05) is 6.07 Å². The quantitative estimate of drug-likeness (QED) is 0.879. The van der Waals surface area contributed by atoms with Crippen LogP contribution < -0.4 is 0 Å². The lowest BCUT2D eigenvalue weighted by atomic mass is 10.0. The summed E-state index contributed by atoms with van der Waals surface area (Å²) >= 11 is 7.11. The Morgan fingerprint density at radius 3 is 3.00 bits per heavy atom. The Balaban J connectivity index is 2.59. The minimum absolute atomic E-state index is 0.583. The van der Waals surface area contributed by atoms with E-state index in [1.165, 1.54) is 11.5 Å². The molecule has 78 valence electrons. The normalized spacial score (nSPS) is 12.9. The second kappa shape index (κ2) is 3.79. The predicted octanol–water partition coefficient (Wildman–Crippen LogP) is 3.14. The van der Waals surface area contributed by atoms with Crippen molar-refractivity contribution in [2.75, 3.05) is 0 Å². The van der Waals surface area contributed by atoms with Crippen LogP contribution in [0.5, 0.6) is 0 Å². The smallest absolute Gasteiger partial charge is 0.312 e. The molecule has 2 rings (SSSR count). The summed E-state index contributed by atoms with van der Waals surface area (Å²) in [5, 5.41) is 10.4. The first-order chi connectivity index (χ1) is 7.09. The lowest BCUT2D eigenvalue weighted by Crippen LogP contribution is -2.07. The molecule has 0 aliphatic rings. The van der Waals surface area contributed by atoms with E-state index in [4.69, 9.17) is 16.7 Å². The van der Waals surface area contributed by atoms with Crippen LogP contribution in [0, 0.1) is 0 Å². The Morgan fingerprint density at radius 2 is 2.33 bits per heavy atom. The number of benzene rings is 1. The number of nitrogens with zero attached hydrogens (tertiary/aromatic N) is 1. The summed E-state index contributed by atoms with van der Waals surface area (Å²) in [6, 6.07) is 5.36. The van der Waals surface area contributed by atoms with E-state index in [0.29, 0.717) is 10.7 Å². The Bertz CT molecular complexity index is 523. The molecule has 2 aromatic rings. The average Bonchev–Trinajstić information content (AvgIpc) is 2.59. The highest BCUT2D eigenvalue weighted by molar-refractivity contribution is 7.13. The fourth-order valence-corrected chi connectivity index (χ4v) is 2.50. The number of aliphatic carboxylic acids is 1. The van der Waals surface area contributed by atoms with Crippen LogP contribution in [0.1, 0.15) is 18.5 Å². The van der Waals surface area contributed by atoms with Crippen molar-refractivity contribution in [2.24, 2.45) is 0 Å². The van der Waals surface area contributed by atoms with Gasteiger partial charge in [-0.3, -0.25) is 4.79 Å². The summed E-state index contributed by atoms with van der Waals surface area (Å²) in [5.74, 6) is -1.45. The monoisotopic (exact) mass is 241 g/mol. The van der Waals surface area contributed by atoms with Crippen LogP contribution in [0.25, 0.3) is 10.1 Å². The Morgan fingerprint density at radius 1 is 1.60 bits per heavy atom. The molecular formula is C10H8ClNO2S. The molecule has 0 saturated heterocycles. The van der Waals surface area contributed by atoms with Gasteiger partial charge in [0.1, 0.15) is 0 Å². The zero-order valence-electron chi connectivity index (χ0n) is 7.90. The molecule has 1 heterocycles. The first-order valence-electron chi connectivity index (χ1n) is 4.37. The summed E-state index contributed by atoms with van der Waals surface area (Å²) < 4.78 is 5.08. The maximum Gasteiger partial charge on any atom is 0.312 e. The SMILES string of the molecule is CC(C(=O)O)c1nsc2cc(Cl)ccc12. The second-order valence-electron chi connectivity index (χ2n) is 3.27. The fourth-order valence-electron chi connectivity index (χ4n) is 1.36. The molecular weight excluding hydrogens is 234 g/mol. The molecule has 1 atom stereocenters. The van der Waals surface area contributed by atoms with Gasteiger partial charge in [-0.1, -0.05) is 17.7 Å². The molecule has 0 fully saturated rings. The van der Waals surface area contributed by atoms with Gasteiger partial charge in [-0.2, -0.15) is 4.37 Å². The molecule has 0 amide bonds. The van der Waals surface area contributed by atoms with Gasteiger partial charge in [-0.15, -0.1) is 0 Å². The van der Waals surface area contributed by atoms with Crippen molar-refractivity contribution in [1.29, 1.82) is 0 Å². The van der Waals surface area contributed by atoms with Gasteiger partial charge < -0.3 is 5.11 Å². The summed E-state index contributed by atoms with van der Waals surface area (Å²) in [7, 11) is 0. The molecule has 0 aliphatic heterocycles. The van der Waals surface area contributed by atoms with Gasteiger partial charge in [0.05, 0.1) is 16.3 Å². The number of carboxylic acid groups (broad SMARTS) is 1. The van der Waals surface area contributed by atoms with Gasteiger partial charge in [0.25, 0.3) is 0 Å². The molecule has 0 aliphatic carbocycles. The van der Waals surface area contributed by atoms with Crippen LogP contribution in [0.3, 0.4) is 0 Å². The minimum atomic E-state index is -0.864. The number of hydrogen-bond acceptors (Lipinski definition) is 3. The van der Waals surface area contributed by atoms with Crippen molar-refractivity contribution in [1.82, 2.24) is 4.37 Å². The standard InChI is InChI=1S/C10H8ClNO2S/c1-5(10(13)14)9-7-3-2-6(11)4-8(7)15-12-9/h2-5H,1H3,(H,13,14). The van der Waals surface area contributed by atoms with Crippen molar-refractivity contribution >= 4 is 39.2 Å². The molecule has 0 radical (unpaired) electrons. The fraction of sp³-hybridized carbons (Fsp3) is 0.200.